The third-order valence-corrected chi connectivity index (χ3v) is 3.76. The van der Waals surface area contributed by atoms with E-state index in [2.05, 4.69) is 10.6 Å². The maximum absolute atomic E-state index is 11.0. The van der Waals surface area contributed by atoms with Gasteiger partial charge in [-0.2, -0.15) is 0 Å². The first kappa shape index (κ1) is 14.6. The normalized spacial score (nSPS) is 21.0. The molecule has 1 aromatic rings. The van der Waals surface area contributed by atoms with Crippen LogP contribution in [0.3, 0.4) is 0 Å². The Hall–Kier alpha value is -0.810. The van der Waals surface area contributed by atoms with Crippen molar-refractivity contribution in [3.63, 3.8) is 0 Å². The molecule has 1 amide bonds. The van der Waals surface area contributed by atoms with Crippen LogP contribution in [0.1, 0.15) is 24.5 Å². The van der Waals surface area contributed by atoms with Crippen molar-refractivity contribution in [2.75, 3.05) is 13.1 Å². The van der Waals surface area contributed by atoms with E-state index in [4.69, 9.17) is 23.2 Å². The van der Waals surface area contributed by atoms with Gasteiger partial charge in [0.05, 0.1) is 6.10 Å². The highest BCUT2D eigenvalue weighted by Gasteiger charge is 2.19. The topological polar surface area (TPSA) is 61.4 Å². The molecule has 4 nitrogen and oxygen atoms in total. The summed E-state index contributed by atoms with van der Waals surface area (Å²) in [6, 6.07) is 5.21. The number of hydrogen-bond donors (Lipinski definition) is 3. The fourth-order valence-corrected chi connectivity index (χ4v) is 2.49. The number of aliphatic hydroxyl groups excluding tert-OH is 1. The van der Waals surface area contributed by atoms with Crippen LogP contribution in [0.5, 0.6) is 0 Å². The van der Waals surface area contributed by atoms with Crippen LogP contribution >= 0.6 is 23.2 Å². The average molecular weight is 303 g/mol. The quantitative estimate of drug-likeness (QED) is 0.796. The van der Waals surface area contributed by atoms with Gasteiger partial charge in [-0.1, -0.05) is 23.2 Å². The average Bonchev–Trinajstić information content (AvgIpc) is 2.40. The molecule has 6 heteroatoms. The van der Waals surface area contributed by atoms with E-state index in [1.807, 2.05) is 0 Å². The van der Waals surface area contributed by atoms with Crippen molar-refractivity contribution in [1.29, 1.82) is 0 Å². The van der Waals surface area contributed by atoms with Crippen LogP contribution in [-0.4, -0.2) is 30.1 Å². The summed E-state index contributed by atoms with van der Waals surface area (Å²) in [4.78, 5) is 11.0. The van der Waals surface area contributed by atoms with Crippen molar-refractivity contribution in [2.24, 2.45) is 0 Å². The SMILES string of the molecule is O=C1CCC(NCC(O)c2cc(Cl)ccc2Cl)CN1. The molecular formula is C13H16Cl2N2O2. The summed E-state index contributed by atoms with van der Waals surface area (Å²) in [5.41, 5.74) is 0.613. The molecule has 19 heavy (non-hydrogen) atoms. The van der Waals surface area contributed by atoms with Crippen LogP contribution in [0.15, 0.2) is 18.2 Å². The van der Waals surface area contributed by atoms with E-state index in [0.29, 0.717) is 35.1 Å². The number of aliphatic hydroxyl groups is 1. The number of carbonyl (C=O) groups is 1. The van der Waals surface area contributed by atoms with E-state index in [9.17, 15) is 9.90 Å². The van der Waals surface area contributed by atoms with E-state index in [1.54, 1.807) is 18.2 Å². The first-order chi connectivity index (χ1) is 9.06. The number of carbonyl (C=O) groups excluding carboxylic acids is 1. The molecule has 0 spiro atoms. The van der Waals surface area contributed by atoms with Gasteiger partial charge in [0.1, 0.15) is 0 Å². The first-order valence-electron chi connectivity index (χ1n) is 6.19. The molecule has 1 aliphatic heterocycles. The van der Waals surface area contributed by atoms with Crippen molar-refractivity contribution in [3.8, 4) is 0 Å². The van der Waals surface area contributed by atoms with Crippen LogP contribution in [-0.2, 0) is 4.79 Å². The van der Waals surface area contributed by atoms with Gasteiger partial charge in [-0.15, -0.1) is 0 Å². The Bertz CT molecular complexity index is 458. The largest absolute Gasteiger partial charge is 0.387 e. The van der Waals surface area contributed by atoms with Gasteiger partial charge in [-0.3, -0.25) is 4.79 Å². The Morgan fingerprint density at radius 1 is 1.47 bits per heavy atom. The van der Waals surface area contributed by atoms with Gasteiger partial charge in [-0.05, 0) is 24.6 Å². The summed E-state index contributed by atoms with van der Waals surface area (Å²) in [6.45, 7) is 0.968. The van der Waals surface area contributed by atoms with Crippen molar-refractivity contribution < 1.29 is 9.90 Å². The lowest BCUT2D eigenvalue weighted by Gasteiger charge is -2.25. The maximum atomic E-state index is 11.0. The second-order valence-corrected chi connectivity index (χ2v) is 5.47. The molecule has 0 radical (unpaired) electrons. The molecule has 0 saturated carbocycles. The Labute approximate surface area is 122 Å². The Morgan fingerprint density at radius 3 is 2.95 bits per heavy atom. The number of nitrogens with one attached hydrogen (secondary N) is 2. The summed E-state index contributed by atoms with van der Waals surface area (Å²) in [6.07, 6.45) is 0.580. The van der Waals surface area contributed by atoms with Gasteiger partial charge in [0.15, 0.2) is 0 Å². The van der Waals surface area contributed by atoms with Crippen molar-refractivity contribution >= 4 is 29.1 Å². The standard InChI is InChI=1S/C13H16Cl2N2O2/c14-8-1-3-11(15)10(5-8)12(18)7-16-9-2-4-13(19)17-6-9/h1,3,5,9,12,16,18H,2,4,6-7H2,(H,17,19). The minimum atomic E-state index is -0.719. The van der Waals surface area contributed by atoms with Crippen LogP contribution in [0.2, 0.25) is 10.0 Å². The first-order valence-corrected chi connectivity index (χ1v) is 6.95. The van der Waals surface area contributed by atoms with Crippen LogP contribution in [0.25, 0.3) is 0 Å². The molecule has 1 fully saturated rings. The Morgan fingerprint density at radius 2 is 2.26 bits per heavy atom. The molecule has 2 unspecified atom stereocenters. The Balaban J connectivity index is 1.88. The number of amides is 1. The zero-order valence-corrected chi connectivity index (χ0v) is 11.8. The highest BCUT2D eigenvalue weighted by atomic mass is 35.5. The van der Waals surface area contributed by atoms with E-state index < -0.39 is 6.10 Å². The number of halogens is 2. The molecule has 0 aromatic heterocycles. The van der Waals surface area contributed by atoms with Gasteiger partial charge in [0.2, 0.25) is 5.91 Å². The number of piperidine rings is 1. The molecule has 2 atom stereocenters. The summed E-state index contributed by atoms with van der Waals surface area (Å²) in [5.74, 6) is 0.0801. The summed E-state index contributed by atoms with van der Waals surface area (Å²) in [5, 5.41) is 17.2. The summed E-state index contributed by atoms with van der Waals surface area (Å²) < 4.78 is 0. The monoisotopic (exact) mass is 302 g/mol. The van der Waals surface area contributed by atoms with E-state index in [1.165, 1.54) is 0 Å². The number of benzene rings is 1. The minimum absolute atomic E-state index is 0.0801. The predicted molar refractivity (Wildman–Crippen MR) is 75.5 cm³/mol. The highest BCUT2D eigenvalue weighted by molar-refractivity contribution is 6.33. The molecule has 0 aliphatic carbocycles. The van der Waals surface area contributed by atoms with Crippen molar-refractivity contribution in [2.45, 2.75) is 25.0 Å². The molecule has 1 aromatic carbocycles. The third-order valence-electron chi connectivity index (χ3n) is 3.18. The molecule has 2 rings (SSSR count). The maximum Gasteiger partial charge on any atom is 0.220 e. The van der Waals surface area contributed by atoms with Gasteiger partial charge < -0.3 is 15.7 Å². The lowest BCUT2D eigenvalue weighted by Crippen LogP contribution is -2.46. The van der Waals surface area contributed by atoms with Crippen LogP contribution in [0, 0.1) is 0 Å². The lowest BCUT2D eigenvalue weighted by atomic mass is 10.1. The zero-order chi connectivity index (χ0) is 13.8. The molecule has 3 N–H and O–H groups in total. The van der Waals surface area contributed by atoms with Crippen LogP contribution in [0.4, 0.5) is 0 Å². The second-order valence-electron chi connectivity index (χ2n) is 4.63. The van der Waals surface area contributed by atoms with E-state index >= 15 is 0 Å². The minimum Gasteiger partial charge on any atom is -0.387 e. The fourth-order valence-electron chi connectivity index (χ4n) is 2.07. The van der Waals surface area contributed by atoms with Gasteiger partial charge in [0.25, 0.3) is 0 Å². The fraction of sp³-hybridized carbons (Fsp3) is 0.462. The molecule has 104 valence electrons. The number of hydrogen-bond acceptors (Lipinski definition) is 3. The predicted octanol–water partition coefficient (Wildman–Crippen LogP) is 1.90. The smallest absolute Gasteiger partial charge is 0.220 e. The second kappa shape index (κ2) is 6.57. The third kappa shape index (κ3) is 4.08. The lowest BCUT2D eigenvalue weighted by molar-refractivity contribution is -0.122. The highest BCUT2D eigenvalue weighted by Crippen LogP contribution is 2.26. The molecule has 1 saturated heterocycles. The number of rotatable bonds is 4. The summed E-state index contributed by atoms with van der Waals surface area (Å²) >= 11 is 11.9. The van der Waals surface area contributed by atoms with Crippen molar-refractivity contribution in [3.05, 3.63) is 33.8 Å². The van der Waals surface area contributed by atoms with Crippen LogP contribution < -0.4 is 10.6 Å². The van der Waals surface area contributed by atoms with Crippen molar-refractivity contribution in [1.82, 2.24) is 10.6 Å². The van der Waals surface area contributed by atoms with E-state index in [-0.39, 0.29) is 11.9 Å². The molecule has 0 bridgehead atoms. The Kier molecular flexibility index (Phi) is 5.05. The zero-order valence-electron chi connectivity index (χ0n) is 10.3. The van der Waals surface area contributed by atoms with E-state index in [0.717, 1.165) is 6.42 Å². The molecule has 1 aliphatic rings. The molecular weight excluding hydrogens is 287 g/mol. The summed E-state index contributed by atoms with van der Waals surface area (Å²) in [7, 11) is 0. The molecule has 1 heterocycles. The van der Waals surface area contributed by atoms with Gasteiger partial charge in [-0.25, -0.2) is 0 Å². The van der Waals surface area contributed by atoms with Gasteiger partial charge in [0, 0.05) is 41.2 Å². The van der Waals surface area contributed by atoms with Gasteiger partial charge >= 0.3 is 0 Å².